The predicted molar refractivity (Wildman–Crippen MR) is 80.5 cm³/mol. The first-order chi connectivity index (χ1) is 10.5. The van der Waals surface area contributed by atoms with Crippen LogP contribution in [0.15, 0.2) is 29.2 Å². The molecule has 1 fully saturated rings. The van der Waals surface area contributed by atoms with Crippen LogP contribution in [0.1, 0.15) is 19.8 Å². The topological polar surface area (TPSA) is 98.5 Å². The van der Waals surface area contributed by atoms with E-state index in [1.54, 1.807) is 12.1 Å². The van der Waals surface area contributed by atoms with E-state index in [-0.39, 0.29) is 23.4 Å². The second kappa shape index (κ2) is 7.26. The Labute approximate surface area is 131 Å². The number of carbonyl (C=O) groups is 2. The van der Waals surface area contributed by atoms with Crippen LogP contribution in [0, 0.1) is 10.1 Å². The first-order valence-electron chi connectivity index (χ1n) is 6.83. The number of nitrogens with zero attached hydrogens (tertiary/aromatic N) is 1. The lowest BCUT2D eigenvalue weighted by atomic mass is 10.3. The van der Waals surface area contributed by atoms with Crippen LogP contribution in [0.5, 0.6) is 0 Å². The fourth-order valence-electron chi connectivity index (χ4n) is 1.64. The second-order valence-corrected chi connectivity index (χ2v) is 6.00. The molecule has 1 saturated carbocycles. The van der Waals surface area contributed by atoms with E-state index in [4.69, 9.17) is 4.74 Å². The van der Waals surface area contributed by atoms with E-state index in [1.165, 1.54) is 30.8 Å². The van der Waals surface area contributed by atoms with Crippen molar-refractivity contribution in [3.8, 4) is 0 Å². The molecule has 0 unspecified atom stereocenters. The fourth-order valence-corrected chi connectivity index (χ4v) is 2.32. The largest absolute Gasteiger partial charge is 0.452 e. The number of ether oxygens (including phenoxy) is 1. The summed E-state index contributed by atoms with van der Waals surface area (Å²) < 4.78 is 5.04. The van der Waals surface area contributed by atoms with Gasteiger partial charge in [0, 0.05) is 23.1 Å². The van der Waals surface area contributed by atoms with Crippen LogP contribution < -0.4 is 5.32 Å². The van der Waals surface area contributed by atoms with Crippen LogP contribution in [0.3, 0.4) is 0 Å². The summed E-state index contributed by atoms with van der Waals surface area (Å²) in [5.74, 6) is -0.739. The highest BCUT2D eigenvalue weighted by atomic mass is 32.2. The Morgan fingerprint density at radius 1 is 1.41 bits per heavy atom. The molecule has 0 radical (unpaired) electrons. The minimum atomic E-state index is -0.814. The van der Waals surface area contributed by atoms with Gasteiger partial charge in [-0.2, -0.15) is 0 Å². The maximum Gasteiger partial charge on any atom is 0.317 e. The highest BCUT2D eigenvalue weighted by molar-refractivity contribution is 8.00. The lowest BCUT2D eigenvalue weighted by Crippen LogP contribution is -2.37. The monoisotopic (exact) mass is 324 g/mol. The lowest BCUT2D eigenvalue weighted by Gasteiger charge is -2.12. The first kappa shape index (κ1) is 16.3. The first-order valence-corrected chi connectivity index (χ1v) is 7.81. The van der Waals surface area contributed by atoms with Gasteiger partial charge in [-0.3, -0.25) is 19.7 Å². The van der Waals surface area contributed by atoms with Gasteiger partial charge in [-0.25, -0.2) is 0 Å². The van der Waals surface area contributed by atoms with Gasteiger partial charge in [0.15, 0.2) is 6.10 Å². The number of nitrogens with one attached hydrogen (secondary N) is 1. The minimum absolute atomic E-state index is 0.00250. The van der Waals surface area contributed by atoms with E-state index in [2.05, 4.69) is 5.32 Å². The maximum atomic E-state index is 11.7. The highest BCUT2D eigenvalue weighted by Gasteiger charge is 2.27. The third-order valence-corrected chi connectivity index (χ3v) is 3.99. The molecule has 0 aromatic heterocycles. The van der Waals surface area contributed by atoms with E-state index in [0.717, 1.165) is 17.7 Å². The van der Waals surface area contributed by atoms with Crippen LogP contribution in [0.2, 0.25) is 0 Å². The third-order valence-electron chi connectivity index (χ3n) is 3.01. The molecule has 0 saturated heterocycles. The number of nitro benzene ring substituents is 1. The van der Waals surface area contributed by atoms with Gasteiger partial charge in [0.2, 0.25) is 0 Å². The fraction of sp³-hybridized carbons (Fsp3) is 0.429. The van der Waals surface area contributed by atoms with E-state index in [9.17, 15) is 19.7 Å². The van der Waals surface area contributed by atoms with Crippen molar-refractivity contribution in [3.05, 3.63) is 34.4 Å². The molecule has 22 heavy (non-hydrogen) atoms. The van der Waals surface area contributed by atoms with Crippen molar-refractivity contribution in [2.75, 3.05) is 5.75 Å². The number of hydrogen-bond donors (Lipinski definition) is 1. The average Bonchev–Trinajstić information content (AvgIpc) is 3.29. The number of nitro groups is 1. The van der Waals surface area contributed by atoms with Crippen LogP contribution in [-0.2, 0) is 14.3 Å². The number of hydrogen-bond acceptors (Lipinski definition) is 6. The average molecular weight is 324 g/mol. The molecule has 1 atom stereocenters. The molecule has 1 amide bonds. The summed E-state index contributed by atoms with van der Waals surface area (Å²) in [6, 6.07) is 6.11. The number of carbonyl (C=O) groups excluding carboxylic acids is 2. The standard InChI is InChI=1S/C14H16N2O5S/c1-9(14(18)15-10-2-3-10)21-13(17)8-22-12-6-4-11(5-7-12)16(19)20/h4-7,9-10H,2-3,8H2,1H3,(H,15,18)/t9-/m1/s1. The summed E-state index contributed by atoms with van der Waals surface area (Å²) in [5, 5.41) is 13.3. The van der Waals surface area contributed by atoms with E-state index >= 15 is 0 Å². The molecule has 2 rings (SSSR count). The second-order valence-electron chi connectivity index (χ2n) is 4.95. The zero-order chi connectivity index (χ0) is 16.1. The van der Waals surface area contributed by atoms with Gasteiger partial charge in [-0.05, 0) is 31.9 Å². The zero-order valence-electron chi connectivity index (χ0n) is 12.0. The van der Waals surface area contributed by atoms with Crippen molar-refractivity contribution in [3.63, 3.8) is 0 Å². The number of non-ortho nitro benzene ring substituents is 1. The molecule has 7 nitrogen and oxygen atoms in total. The summed E-state index contributed by atoms with van der Waals surface area (Å²) >= 11 is 1.20. The summed E-state index contributed by atoms with van der Waals surface area (Å²) in [6.45, 7) is 1.53. The van der Waals surface area contributed by atoms with Crippen LogP contribution in [0.25, 0.3) is 0 Å². The number of amides is 1. The van der Waals surface area contributed by atoms with Crippen molar-refractivity contribution < 1.29 is 19.2 Å². The molecule has 1 aromatic rings. The van der Waals surface area contributed by atoms with Gasteiger partial charge >= 0.3 is 5.97 Å². The minimum Gasteiger partial charge on any atom is -0.452 e. The van der Waals surface area contributed by atoms with Crippen LogP contribution in [0.4, 0.5) is 5.69 Å². The molecule has 118 valence electrons. The van der Waals surface area contributed by atoms with Crippen molar-refractivity contribution in [1.29, 1.82) is 0 Å². The van der Waals surface area contributed by atoms with Crippen LogP contribution in [-0.4, -0.2) is 34.7 Å². The Kier molecular flexibility index (Phi) is 5.37. The molecule has 0 spiro atoms. The molecular formula is C14H16N2O5S. The van der Waals surface area contributed by atoms with Crippen LogP contribution >= 0.6 is 11.8 Å². The van der Waals surface area contributed by atoms with Gasteiger partial charge in [-0.15, -0.1) is 11.8 Å². The summed E-state index contributed by atoms with van der Waals surface area (Å²) in [7, 11) is 0. The number of thioether (sulfide) groups is 1. The summed E-state index contributed by atoms with van der Waals surface area (Å²) in [5.41, 5.74) is -0.00250. The van der Waals surface area contributed by atoms with Gasteiger partial charge in [0.05, 0.1) is 10.7 Å². The van der Waals surface area contributed by atoms with Crippen molar-refractivity contribution in [2.45, 2.75) is 36.8 Å². The molecule has 8 heteroatoms. The Hall–Kier alpha value is -2.09. The molecule has 0 aliphatic heterocycles. The van der Waals surface area contributed by atoms with Crippen molar-refractivity contribution >= 4 is 29.3 Å². The molecule has 0 heterocycles. The highest BCUT2D eigenvalue weighted by Crippen LogP contribution is 2.22. The number of benzene rings is 1. The van der Waals surface area contributed by atoms with Gasteiger partial charge in [0.25, 0.3) is 11.6 Å². The van der Waals surface area contributed by atoms with E-state index in [0.29, 0.717) is 0 Å². The Morgan fingerprint density at radius 2 is 2.05 bits per heavy atom. The zero-order valence-corrected chi connectivity index (χ0v) is 12.8. The molecule has 0 bridgehead atoms. The molecule has 1 aromatic carbocycles. The van der Waals surface area contributed by atoms with Gasteiger partial charge < -0.3 is 10.1 Å². The van der Waals surface area contributed by atoms with E-state index in [1.807, 2.05) is 0 Å². The quantitative estimate of drug-likeness (QED) is 0.356. The maximum absolute atomic E-state index is 11.7. The molecule has 1 aliphatic rings. The van der Waals surface area contributed by atoms with Gasteiger partial charge in [-0.1, -0.05) is 0 Å². The Morgan fingerprint density at radius 3 is 2.59 bits per heavy atom. The van der Waals surface area contributed by atoms with E-state index < -0.39 is 17.0 Å². The predicted octanol–water partition coefficient (Wildman–Crippen LogP) is 1.90. The summed E-state index contributed by atoms with van der Waals surface area (Å²) in [6.07, 6.45) is 1.13. The van der Waals surface area contributed by atoms with Gasteiger partial charge in [0.1, 0.15) is 0 Å². The number of esters is 1. The normalized spacial score (nSPS) is 15.0. The third kappa shape index (κ3) is 5.03. The number of rotatable bonds is 7. The Bertz CT molecular complexity index is 571. The van der Waals surface area contributed by atoms with Crippen molar-refractivity contribution in [2.24, 2.45) is 0 Å². The Balaban J connectivity index is 1.74. The SMILES string of the molecule is C[C@@H](OC(=O)CSc1ccc([N+](=O)[O-])cc1)C(=O)NC1CC1. The van der Waals surface area contributed by atoms with Crippen molar-refractivity contribution in [1.82, 2.24) is 5.32 Å². The molecule has 1 N–H and O–H groups in total. The smallest absolute Gasteiger partial charge is 0.317 e. The molecular weight excluding hydrogens is 308 g/mol. The molecule has 1 aliphatic carbocycles. The lowest BCUT2D eigenvalue weighted by molar-refractivity contribution is -0.384. The summed E-state index contributed by atoms with van der Waals surface area (Å²) in [4.78, 5) is 34.1.